The molecule has 0 N–H and O–H groups in total. The van der Waals surface area contributed by atoms with Gasteiger partial charge in [-0.2, -0.15) is 0 Å². The minimum Gasteiger partial charge on any atom is -0.304 e. The van der Waals surface area contributed by atoms with Crippen molar-refractivity contribution in [3.63, 3.8) is 0 Å². The molecule has 0 amide bonds. The van der Waals surface area contributed by atoms with Gasteiger partial charge in [-0.25, -0.2) is 8.42 Å². The zero-order valence-corrected chi connectivity index (χ0v) is 20.8. The maximum absolute atomic E-state index is 15.5. The standard InChI is InChI=1S/C26H30N3O3PS/c30-33(26(22-23-10-4-1-5-11-23)27-18-20-34(31,32)21-19-27)28(24-12-6-2-7-13-24)16-17-29(33)25-14-8-3-9-15-25/h1-15,26H,16-22H2. The Morgan fingerprint density at radius 3 is 1.59 bits per heavy atom. The maximum atomic E-state index is 15.5. The molecule has 0 radical (unpaired) electrons. The van der Waals surface area contributed by atoms with Crippen LogP contribution in [0.25, 0.3) is 0 Å². The number of hydrogen-bond acceptors (Lipinski definition) is 4. The third-order valence-electron chi connectivity index (χ3n) is 6.77. The van der Waals surface area contributed by atoms with Crippen LogP contribution in [0.5, 0.6) is 0 Å². The summed E-state index contributed by atoms with van der Waals surface area (Å²) >= 11 is 0. The number of para-hydroxylation sites is 2. The normalized spacial score (nSPS) is 20.8. The number of nitrogens with zero attached hydrogens (tertiary/aromatic N) is 3. The number of benzene rings is 3. The molecule has 1 atom stereocenters. The van der Waals surface area contributed by atoms with E-state index in [4.69, 9.17) is 0 Å². The first-order valence-corrected chi connectivity index (χ1v) is 15.2. The molecule has 5 rings (SSSR count). The van der Waals surface area contributed by atoms with Crippen molar-refractivity contribution in [1.82, 2.24) is 4.90 Å². The van der Waals surface area contributed by atoms with Gasteiger partial charge in [-0.1, -0.05) is 66.7 Å². The van der Waals surface area contributed by atoms with Gasteiger partial charge in [0.2, 0.25) is 0 Å². The van der Waals surface area contributed by atoms with E-state index in [1.165, 1.54) is 0 Å². The van der Waals surface area contributed by atoms with Crippen molar-refractivity contribution in [3.8, 4) is 0 Å². The number of anilines is 2. The molecule has 6 nitrogen and oxygen atoms in total. The monoisotopic (exact) mass is 495 g/mol. The lowest BCUT2D eigenvalue weighted by Crippen LogP contribution is -2.49. The van der Waals surface area contributed by atoms with Crippen LogP contribution < -0.4 is 9.34 Å². The van der Waals surface area contributed by atoms with E-state index in [0.29, 0.717) is 32.6 Å². The van der Waals surface area contributed by atoms with Gasteiger partial charge < -0.3 is 9.34 Å². The quantitative estimate of drug-likeness (QED) is 0.469. The van der Waals surface area contributed by atoms with E-state index in [9.17, 15) is 8.42 Å². The van der Waals surface area contributed by atoms with Crippen molar-refractivity contribution in [3.05, 3.63) is 96.6 Å². The fourth-order valence-electron chi connectivity index (χ4n) is 5.03. The van der Waals surface area contributed by atoms with Crippen molar-refractivity contribution in [2.24, 2.45) is 0 Å². The summed E-state index contributed by atoms with van der Waals surface area (Å²) in [5.74, 6) is -0.127. The van der Waals surface area contributed by atoms with Crippen LogP contribution in [0.1, 0.15) is 5.56 Å². The van der Waals surface area contributed by atoms with Crippen LogP contribution in [0, 0.1) is 0 Å². The molecule has 2 fully saturated rings. The highest BCUT2D eigenvalue weighted by atomic mass is 32.2. The van der Waals surface area contributed by atoms with E-state index in [0.717, 1.165) is 16.9 Å². The Morgan fingerprint density at radius 2 is 1.12 bits per heavy atom. The van der Waals surface area contributed by atoms with Crippen molar-refractivity contribution in [2.75, 3.05) is 47.0 Å². The summed E-state index contributed by atoms with van der Waals surface area (Å²) < 4.78 is 44.1. The van der Waals surface area contributed by atoms with Gasteiger partial charge >= 0.3 is 0 Å². The minimum absolute atomic E-state index is 0.106. The van der Waals surface area contributed by atoms with E-state index in [1.54, 1.807) is 0 Å². The molecule has 178 valence electrons. The second-order valence-electron chi connectivity index (χ2n) is 8.86. The predicted octanol–water partition coefficient (Wildman–Crippen LogP) is 4.51. The molecule has 34 heavy (non-hydrogen) atoms. The summed E-state index contributed by atoms with van der Waals surface area (Å²) in [4.78, 5) is 2.16. The van der Waals surface area contributed by atoms with E-state index in [1.807, 2.05) is 78.9 Å². The third kappa shape index (κ3) is 4.52. The van der Waals surface area contributed by atoms with Crippen LogP contribution >= 0.6 is 7.44 Å². The molecule has 3 aromatic carbocycles. The Labute approximate surface area is 202 Å². The molecule has 0 bridgehead atoms. The summed E-state index contributed by atoms with van der Waals surface area (Å²) in [6, 6.07) is 30.0. The first-order valence-electron chi connectivity index (χ1n) is 11.7. The molecule has 0 spiro atoms. The molecule has 1 unspecified atom stereocenters. The van der Waals surface area contributed by atoms with Gasteiger partial charge in [-0.05, 0) is 36.2 Å². The Hall–Kier alpha value is -2.60. The molecule has 2 aliphatic rings. The Kier molecular flexibility index (Phi) is 6.52. The molecule has 8 heteroatoms. The second kappa shape index (κ2) is 9.57. The molecule has 0 aromatic heterocycles. The molecule has 3 aromatic rings. The highest BCUT2D eigenvalue weighted by Crippen LogP contribution is 2.64. The summed E-state index contributed by atoms with van der Waals surface area (Å²) in [7, 11) is -6.28. The largest absolute Gasteiger partial charge is 0.304 e. The lowest BCUT2D eigenvalue weighted by Gasteiger charge is -2.44. The molecule has 0 aliphatic carbocycles. The highest BCUT2D eigenvalue weighted by Gasteiger charge is 2.51. The molecule has 0 saturated carbocycles. The fourth-order valence-corrected chi connectivity index (χ4v) is 9.95. The number of hydrogen-bond donors (Lipinski definition) is 0. The molecule has 2 aliphatic heterocycles. The van der Waals surface area contributed by atoms with Gasteiger partial charge in [0.15, 0.2) is 9.84 Å². The first kappa shape index (κ1) is 23.2. The molecular formula is C26H30N3O3PS. The first-order chi connectivity index (χ1) is 16.5. The van der Waals surface area contributed by atoms with Gasteiger partial charge in [0.05, 0.1) is 11.5 Å². The van der Waals surface area contributed by atoms with Crippen LogP contribution in [0.3, 0.4) is 0 Å². The van der Waals surface area contributed by atoms with Gasteiger partial charge in [-0.3, -0.25) is 9.46 Å². The average Bonchev–Trinajstić information content (AvgIpc) is 3.22. The van der Waals surface area contributed by atoms with Crippen molar-refractivity contribution >= 4 is 28.7 Å². The smallest absolute Gasteiger partial charge is 0.280 e. The van der Waals surface area contributed by atoms with Crippen LogP contribution in [-0.4, -0.2) is 56.8 Å². The number of rotatable bonds is 6. The third-order valence-corrected chi connectivity index (χ3v) is 11.9. The lowest BCUT2D eigenvalue weighted by molar-refractivity contribution is 0.263. The van der Waals surface area contributed by atoms with Crippen LogP contribution in [0.4, 0.5) is 11.4 Å². The average molecular weight is 496 g/mol. The van der Waals surface area contributed by atoms with E-state index in [2.05, 4.69) is 26.4 Å². The summed E-state index contributed by atoms with van der Waals surface area (Å²) in [5.41, 5.74) is 2.97. The Bertz CT molecular complexity index is 1190. The van der Waals surface area contributed by atoms with Crippen molar-refractivity contribution in [2.45, 2.75) is 12.2 Å². The van der Waals surface area contributed by atoms with Gasteiger partial charge in [0, 0.05) is 37.6 Å². The highest BCUT2D eigenvalue weighted by molar-refractivity contribution is 7.91. The zero-order chi connectivity index (χ0) is 23.6. The van der Waals surface area contributed by atoms with E-state index >= 15 is 4.57 Å². The second-order valence-corrected chi connectivity index (χ2v) is 13.9. The summed E-state index contributed by atoms with van der Waals surface area (Å²) in [6.07, 6.45) is 0.588. The van der Waals surface area contributed by atoms with Crippen LogP contribution in [-0.2, 0) is 20.8 Å². The van der Waals surface area contributed by atoms with Crippen LogP contribution in [0.15, 0.2) is 91.0 Å². The zero-order valence-electron chi connectivity index (χ0n) is 19.1. The SMILES string of the molecule is O=P1(C(Cc2ccccc2)N2CCS(=O)(=O)CC2)N(c2ccccc2)CCN1c1ccccc1. The minimum atomic E-state index is -3.22. The van der Waals surface area contributed by atoms with Crippen molar-refractivity contribution in [1.29, 1.82) is 0 Å². The maximum Gasteiger partial charge on any atom is 0.280 e. The molecular weight excluding hydrogens is 465 g/mol. The fraction of sp³-hybridized carbons (Fsp3) is 0.308. The van der Waals surface area contributed by atoms with Gasteiger partial charge in [0.25, 0.3) is 7.44 Å². The lowest BCUT2D eigenvalue weighted by atomic mass is 10.1. The van der Waals surface area contributed by atoms with Crippen molar-refractivity contribution < 1.29 is 13.0 Å². The Morgan fingerprint density at radius 1 is 0.676 bits per heavy atom. The number of sulfone groups is 1. The van der Waals surface area contributed by atoms with Gasteiger partial charge in [0.1, 0.15) is 5.78 Å². The summed E-state index contributed by atoms with van der Waals surface area (Å²) in [6.45, 7) is 2.09. The van der Waals surface area contributed by atoms with Gasteiger partial charge in [-0.15, -0.1) is 0 Å². The predicted molar refractivity (Wildman–Crippen MR) is 139 cm³/mol. The molecule has 2 saturated heterocycles. The van der Waals surface area contributed by atoms with E-state index in [-0.39, 0.29) is 17.3 Å². The molecule has 2 heterocycles. The topological polar surface area (TPSA) is 60.9 Å². The van der Waals surface area contributed by atoms with E-state index < -0.39 is 17.3 Å². The summed E-state index contributed by atoms with van der Waals surface area (Å²) in [5, 5.41) is 0. The van der Waals surface area contributed by atoms with Crippen LogP contribution in [0.2, 0.25) is 0 Å². The Balaban J connectivity index is 1.62.